The Morgan fingerprint density at radius 1 is 0.957 bits per heavy atom. The second-order valence-corrected chi connectivity index (χ2v) is 13.7. The van der Waals surface area contributed by atoms with Crippen molar-refractivity contribution in [1.82, 2.24) is 25.8 Å². The Labute approximate surface area is 279 Å². The molecule has 1 aromatic heterocycles. The number of rotatable bonds is 16. The van der Waals surface area contributed by atoms with Crippen molar-refractivity contribution >= 4 is 46.2 Å². The number of urea groups is 1. The Kier molecular flexibility index (Phi) is 13.9. The van der Waals surface area contributed by atoms with Gasteiger partial charge in [-0.15, -0.1) is 23.1 Å². The van der Waals surface area contributed by atoms with E-state index in [2.05, 4.69) is 34.8 Å². The molecule has 1 unspecified atom stereocenters. The average Bonchev–Trinajstić information content (AvgIpc) is 3.75. The van der Waals surface area contributed by atoms with Crippen LogP contribution in [0.3, 0.4) is 0 Å². The number of carbonyl (C=O) groups is 3. The summed E-state index contributed by atoms with van der Waals surface area (Å²) in [7, 11) is 1.72. The van der Waals surface area contributed by atoms with Gasteiger partial charge in [0.25, 0.3) is 0 Å². The number of alkyl carbamates (subject to hydrolysis) is 1. The van der Waals surface area contributed by atoms with E-state index in [0.717, 1.165) is 26.8 Å². The van der Waals surface area contributed by atoms with E-state index in [4.69, 9.17) is 9.73 Å². The van der Waals surface area contributed by atoms with Crippen LogP contribution in [0.15, 0.2) is 77.4 Å². The van der Waals surface area contributed by atoms with Gasteiger partial charge in [0.05, 0.1) is 28.0 Å². The van der Waals surface area contributed by atoms with Crippen molar-refractivity contribution in [3.05, 3.63) is 88.4 Å². The molecule has 0 saturated heterocycles. The van der Waals surface area contributed by atoms with Gasteiger partial charge < -0.3 is 25.6 Å². The highest BCUT2D eigenvalue weighted by atomic mass is 32.2. The number of nitrogens with zero attached hydrogens (tertiary/aromatic N) is 3. The number of ether oxygens (including phenoxy) is 1. The van der Waals surface area contributed by atoms with Gasteiger partial charge in [0.15, 0.2) is 0 Å². The molecular formula is C34H44N6O4S2. The summed E-state index contributed by atoms with van der Waals surface area (Å²) >= 11 is 3.18. The van der Waals surface area contributed by atoms with Crippen LogP contribution in [0.4, 0.5) is 9.59 Å². The molecule has 10 nitrogen and oxygen atoms in total. The zero-order chi connectivity index (χ0) is 32.7. The van der Waals surface area contributed by atoms with Crippen LogP contribution in [0.2, 0.25) is 0 Å². The lowest BCUT2D eigenvalue weighted by Gasteiger charge is -2.24. The highest BCUT2D eigenvalue weighted by Gasteiger charge is 2.24. The number of hydrogen-bond donors (Lipinski definition) is 3. The molecule has 2 aromatic carbocycles. The van der Waals surface area contributed by atoms with Crippen LogP contribution in [0.25, 0.3) is 0 Å². The molecule has 1 aliphatic rings. The standard InChI is InChI=1S/C34H44N6O4S2/c1-24(2)32-38-29(22-45-32)20-40(3)33(42)36-19-31(41)37-27(16-25-10-6-4-7-11-25)14-15-28(17-26-12-8-5-9-13-26)39-34(43)44-21-30-18-35-23-46-30/h4-13,18,23-24,27-29H,14-17,19-22H2,1-3H3,(H,36,42)(H,37,41)(H,39,43)/t27-,28-,29?/m1/s1. The Bertz CT molecular complexity index is 1410. The SMILES string of the molecule is CC(C)C1=NC(CN(C)C(=O)NCC(=O)N[C@H](CC[C@H](Cc2ccccc2)NC(=O)OCc2cncs2)Cc2ccccc2)CS1. The molecule has 0 fully saturated rings. The molecular weight excluding hydrogens is 621 g/mol. The number of hydrogen-bond acceptors (Lipinski definition) is 8. The second kappa shape index (κ2) is 18.3. The number of nitrogens with one attached hydrogen (secondary N) is 3. The van der Waals surface area contributed by atoms with Crippen LogP contribution in [0, 0.1) is 5.92 Å². The molecule has 2 heterocycles. The van der Waals surface area contributed by atoms with E-state index >= 15 is 0 Å². The highest BCUT2D eigenvalue weighted by Crippen LogP contribution is 2.23. The molecule has 4 amide bonds. The van der Waals surface area contributed by atoms with Crippen molar-refractivity contribution < 1.29 is 19.1 Å². The maximum Gasteiger partial charge on any atom is 0.407 e. The zero-order valence-corrected chi connectivity index (χ0v) is 28.3. The summed E-state index contributed by atoms with van der Waals surface area (Å²) in [5.41, 5.74) is 3.88. The number of benzene rings is 2. The van der Waals surface area contributed by atoms with E-state index in [1.54, 1.807) is 35.4 Å². The minimum absolute atomic E-state index is 0.0599. The van der Waals surface area contributed by atoms with Crippen molar-refractivity contribution in [1.29, 1.82) is 0 Å². The third-order valence-electron chi connectivity index (χ3n) is 7.49. The van der Waals surface area contributed by atoms with Crippen LogP contribution in [0.1, 0.15) is 42.7 Å². The van der Waals surface area contributed by atoms with Crippen molar-refractivity contribution in [3.63, 3.8) is 0 Å². The number of aromatic nitrogens is 1. The predicted molar refractivity (Wildman–Crippen MR) is 185 cm³/mol. The number of amides is 4. The predicted octanol–water partition coefficient (Wildman–Crippen LogP) is 5.30. The Hall–Kier alpha value is -3.90. The van der Waals surface area contributed by atoms with Gasteiger partial charge in [-0.1, -0.05) is 74.5 Å². The van der Waals surface area contributed by atoms with Crippen LogP contribution >= 0.6 is 23.1 Å². The van der Waals surface area contributed by atoms with Crippen molar-refractivity contribution in [2.24, 2.45) is 10.9 Å². The lowest BCUT2D eigenvalue weighted by molar-refractivity contribution is -0.120. The van der Waals surface area contributed by atoms with E-state index in [1.807, 2.05) is 60.7 Å². The summed E-state index contributed by atoms with van der Waals surface area (Å²) in [6.45, 7) is 4.76. The summed E-state index contributed by atoms with van der Waals surface area (Å²) < 4.78 is 5.45. The topological polar surface area (TPSA) is 125 Å². The lowest BCUT2D eigenvalue weighted by atomic mass is 9.96. The third-order valence-corrected chi connectivity index (χ3v) is 9.67. The van der Waals surface area contributed by atoms with Gasteiger partial charge >= 0.3 is 12.1 Å². The Morgan fingerprint density at radius 3 is 2.15 bits per heavy atom. The first-order valence-corrected chi connectivity index (χ1v) is 17.5. The third kappa shape index (κ3) is 12.1. The quantitative estimate of drug-likeness (QED) is 0.191. The first-order valence-electron chi connectivity index (χ1n) is 15.6. The van der Waals surface area contributed by atoms with E-state index < -0.39 is 6.09 Å². The minimum atomic E-state index is -0.493. The maximum absolute atomic E-state index is 13.1. The summed E-state index contributed by atoms with van der Waals surface area (Å²) in [6.07, 6.45) is 3.64. The van der Waals surface area contributed by atoms with Gasteiger partial charge in [-0.05, 0) is 36.8 Å². The largest absolute Gasteiger partial charge is 0.444 e. The Morgan fingerprint density at radius 2 is 1.59 bits per heavy atom. The molecule has 0 spiro atoms. The molecule has 3 N–H and O–H groups in total. The monoisotopic (exact) mass is 664 g/mol. The normalized spacial score (nSPS) is 15.5. The molecule has 0 saturated carbocycles. The number of aliphatic imine (C=N–C) groups is 1. The van der Waals surface area contributed by atoms with Crippen molar-refractivity contribution in [3.8, 4) is 0 Å². The Balaban J connectivity index is 1.33. The second-order valence-electron chi connectivity index (χ2n) is 11.7. The van der Waals surface area contributed by atoms with E-state index in [9.17, 15) is 14.4 Å². The van der Waals surface area contributed by atoms with Crippen LogP contribution in [0.5, 0.6) is 0 Å². The lowest BCUT2D eigenvalue weighted by Crippen LogP contribution is -2.47. The molecule has 3 aromatic rings. The number of thioether (sulfide) groups is 1. The molecule has 12 heteroatoms. The maximum atomic E-state index is 13.1. The summed E-state index contributed by atoms with van der Waals surface area (Å²) in [5.74, 6) is 0.973. The van der Waals surface area contributed by atoms with Crippen LogP contribution in [-0.2, 0) is 29.0 Å². The molecule has 46 heavy (non-hydrogen) atoms. The van der Waals surface area contributed by atoms with Crippen molar-refractivity contribution in [2.45, 2.75) is 64.3 Å². The molecule has 4 rings (SSSR count). The fraction of sp³-hybridized carbons (Fsp3) is 0.441. The van der Waals surface area contributed by atoms with Gasteiger partial charge in [0.2, 0.25) is 5.91 Å². The molecule has 0 aliphatic carbocycles. The van der Waals surface area contributed by atoms with Crippen molar-refractivity contribution in [2.75, 3.05) is 25.9 Å². The fourth-order valence-corrected chi connectivity index (χ4v) is 6.73. The molecule has 3 atom stereocenters. The molecule has 1 aliphatic heterocycles. The first kappa shape index (κ1) is 35.0. The minimum Gasteiger partial charge on any atom is -0.444 e. The van der Waals surface area contributed by atoms with E-state index in [-0.39, 0.29) is 43.2 Å². The molecule has 0 bridgehead atoms. The summed E-state index contributed by atoms with van der Waals surface area (Å²) in [4.78, 5) is 49.8. The fourth-order valence-electron chi connectivity index (χ4n) is 5.12. The van der Waals surface area contributed by atoms with Gasteiger partial charge in [0.1, 0.15) is 6.61 Å². The summed E-state index contributed by atoms with van der Waals surface area (Å²) in [5, 5.41) is 10.0. The molecule has 246 valence electrons. The van der Waals surface area contributed by atoms with Gasteiger partial charge in [-0.25, -0.2) is 9.59 Å². The van der Waals surface area contributed by atoms with Crippen LogP contribution < -0.4 is 16.0 Å². The van der Waals surface area contributed by atoms with E-state index in [1.165, 1.54) is 11.3 Å². The first-order chi connectivity index (χ1) is 22.2. The van der Waals surface area contributed by atoms with Crippen LogP contribution in [-0.4, -0.2) is 77.0 Å². The summed E-state index contributed by atoms with van der Waals surface area (Å²) in [6, 6.07) is 19.3. The molecule has 0 radical (unpaired) electrons. The number of thiazole rings is 1. The van der Waals surface area contributed by atoms with Gasteiger partial charge in [0, 0.05) is 43.5 Å². The highest BCUT2D eigenvalue weighted by molar-refractivity contribution is 8.14. The number of carbonyl (C=O) groups excluding carboxylic acids is 3. The van der Waals surface area contributed by atoms with E-state index in [0.29, 0.717) is 38.1 Å². The van der Waals surface area contributed by atoms with Gasteiger partial charge in [-0.3, -0.25) is 14.8 Å². The zero-order valence-electron chi connectivity index (χ0n) is 26.7. The number of likely N-dealkylation sites (N-methyl/N-ethyl adjacent to an activating group) is 1. The van der Waals surface area contributed by atoms with Gasteiger partial charge in [-0.2, -0.15) is 0 Å². The average molecular weight is 665 g/mol. The smallest absolute Gasteiger partial charge is 0.407 e.